The van der Waals surface area contributed by atoms with Crippen molar-refractivity contribution < 1.29 is 14.3 Å². The third-order valence-electron chi connectivity index (χ3n) is 2.95. The molecule has 1 aromatic heterocycles. The smallest absolute Gasteiger partial charge is 0.257 e. The number of nitrogens with one attached hydrogen (secondary N) is 1. The van der Waals surface area contributed by atoms with Crippen LogP contribution in [0.5, 0.6) is 5.88 Å². The maximum atomic E-state index is 13.1. The van der Waals surface area contributed by atoms with Crippen LogP contribution in [0.4, 0.5) is 10.1 Å². The summed E-state index contributed by atoms with van der Waals surface area (Å²) in [5.41, 5.74) is -0.0201. The standard InChI is InChI=1S/C16H18FN3O3S/c1-10(2)8-20-15(23)7-13(21)19-16(20)24-9-14(22)18-12-5-3-4-11(17)6-12/h3-7,10,21H,8-9H2,1-2H3,(H,18,22). The Kier molecular flexibility index (Phi) is 5.97. The van der Waals surface area contributed by atoms with Gasteiger partial charge in [-0.25, -0.2) is 4.39 Å². The summed E-state index contributed by atoms with van der Waals surface area (Å²) in [6, 6.07) is 6.61. The Morgan fingerprint density at radius 2 is 2.17 bits per heavy atom. The second-order valence-corrected chi connectivity index (χ2v) is 6.53. The minimum absolute atomic E-state index is 0.0233. The summed E-state index contributed by atoms with van der Waals surface area (Å²) >= 11 is 1.03. The second kappa shape index (κ2) is 7.96. The molecular formula is C16H18FN3O3S. The molecular weight excluding hydrogens is 333 g/mol. The Morgan fingerprint density at radius 3 is 2.83 bits per heavy atom. The number of carbonyl (C=O) groups excluding carboxylic acids is 1. The molecule has 0 aliphatic carbocycles. The predicted octanol–water partition coefficient (Wildman–Crippen LogP) is 2.47. The van der Waals surface area contributed by atoms with Gasteiger partial charge in [0.2, 0.25) is 11.8 Å². The van der Waals surface area contributed by atoms with Gasteiger partial charge in [-0.15, -0.1) is 0 Å². The molecule has 0 bridgehead atoms. The summed E-state index contributed by atoms with van der Waals surface area (Å²) in [4.78, 5) is 27.9. The topological polar surface area (TPSA) is 84.2 Å². The van der Waals surface area contributed by atoms with Crippen LogP contribution in [-0.2, 0) is 11.3 Å². The van der Waals surface area contributed by atoms with Gasteiger partial charge in [-0.3, -0.25) is 14.2 Å². The summed E-state index contributed by atoms with van der Waals surface area (Å²) in [7, 11) is 0. The normalized spacial score (nSPS) is 10.8. The van der Waals surface area contributed by atoms with E-state index >= 15 is 0 Å². The van der Waals surface area contributed by atoms with E-state index in [1.54, 1.807) is 6.07 Å². The Balaban J connectivity index is 2.08. The van der Waals surface area contributed by atoms with Crippen LogP contribution in [0.3, 0.4) is 0 Å². The molecule has 0 saturated heterocycles. The van der Waals surface area contributed by atoms with Crippen molar-refractivity contribution in [2.24, 2.45) is 5.92 Å². The van der Waals surface area contributed by atoms with Gasteiger partial charge in [-0.05, 0) is 24.1 Å². The van der Waals surface area contributed by atoms with E-state index in [-0.39, 0.29) is 34.2 Å². The summed E-state index contributed by atoms with van der Waals surface area (Å²) in [5, 5.41) is 12.3. The highest BCUT2D eigenvalue weighted by Crippen LogP contribution is 2.18. The Labute approximate surface area is 142 Å². The number of amides is 1. The summed E-state index contributed by atoms with van der Waals surface area (Å²) in [6.07, 6.45) is 0. The molecule has 1 heterocycles. The zero-order valence-corrected chi connectivity index (χ0v) is 14.1. The van der Waals surface area contributed by atoms with Gasteiger partial charge in [0.05, 0.1) is 11.8 Å². The van der Waals surface area contributed by atoms with E-state index in [0.717, 1.165) is 17.8 Å². The Bertz CT molecular complexity index is 792. The predicted molar refractivity (Wildman–Crippen MR) is 90.8 cm³/mol. The number of hydrogen-bond acceptors (Lipinski definition) is 5. The Hall–Kier alpha value is -2.35. The van der Waals surface area contributed by atoms with Crippen molar-refractivity contribution in [3.63, 3.8) is 0 Å². The minimum atomic E-state index is -0.444. The van der Waals surface area contributed by atoms with Crippen LogP contribution in [-0.4, -0.2) is 26.3 Å². The minimum Gasteiger partial charge on any atom is -0.493 e. The lowest BCUT2D eigenvalue weighted by atomic mass is 10.2. The van der Waals surface area contributed by atoms with Crippen molar-refractivity contribution in [2.75, 3.05) is 11.1 Å². The van der Waals surface area contributed by atoms with Crippen LogP contribution in [0.2, 0.25) is 0 Å². The zero-order chi connectivity index (χ0) is 17.7. The fourth-order valence-electron chi connectivity index (χ4n) is 2.01. The lowest BCUT2D eigenvalue weighted by Gasteiger charge is -2.13. The zero-order valence-electron chi connectivity index (χ0n) is 13.3. The summed E-state index contributed by atoms with van der Waals surface area (Å²) in [5.74, 6) is -1.01. The van der Waals surface area contributed by atoms with E-state index in [2.05, 4.69) is 10.3 Å². The van der Waals surface area contributed by atoms with Gasteiger partial charge in [0, 0.05) is 12.2 Å². The molecule has 8 heteroatoms. The summed E-state index contributed by atoms with van der Waals surface area (Å²) in [6.45, 7) is 4.33. The average molecular weight is 351 g/mol. The van der Waals surface area contributed by atoms with Crippen molar-refractivity contribution in [3.8, 4) is 5.88 Å². The molecule has 0 spiro atoms. The number of aromatic nitrogens is 2. The van der Waals surface area contributed by atoms with E-state index in [9.17, 15) is 19.1 Å². The fraction of sp³-hybridized carbons (Fsp3) is 0.312. The molecule has 2 N–H and O–H groups in total. The fourth-order valence-corrected chi connectivity index (χ4v) is 2.82. The number of hydrogen-bond donors (Lipinski definition) is 2. The molecule has 6 nitrogen and oxygen atoms in total. The molecule has 0 unspecified atom stereocenters. The van der Waals surface area contributed by atoms with Crippen molar-refractivity contribution in [3.05, 3.63) is 46.5 Å². The van der Waals surface area contributed by atoms with Crippen molar-refractivity contribution in [1.29, 1.82) is 0 Å². The van der Waals surface area contributed by atoms with Crippen LogP contribution < -0.4 is 10.9 Å². The molecule has 24 heavy (non-hydrogen) atoms. The number of carbonyl (C=O) groups is 1. The molecule has 0 radical (unpaired) electrons. The van der Waals surface area contributed by atoms with Gasteiger partial charge >= 0.3 is 0 Å². The van der Waals surface area contributed by atoms with Gasteiger partial charge in [0.25, 0.3) is 5.56 Å². The first-order chi connectivity index (χ1) is 11.3. The quantitative estimate of drug-likeness (QED) is 0.617. The van der Waals surface area contributed by atoms with Crippen LogP contribution in [0.1, 0.15) is 13.8 Å². The van der Waals surface area contributed by atoms with E-state index in [4.69, 9.17) is 0 Å². The first-order valence-electron chi connectivity index (χ1n) is 7.34. The first kappa shape index (κ1) is 18.0. The highest BCUT2D eigenvalue weighted by atomic mass is 32.2. The molecule has 0 aliphatic rings. The first-order valence-corrected chi connectivity index (χ1v) is 8.33. The largest absolute Gasteiger partial charge is 0.493 e. The average Bonchev–Trinajstić information content (AvgIpc) is 2.48. The Morgan fingerprint density at radius 1 is 1.42 bits per heavy atom. The molecule has 128 valence electrons. The van der Waals surface area contributed by atoms with E-state index in [1.165, 1.54) is 22.8 Å². The molecule has 0 fully saturated rings. The van der Waals surface area contributed by atoms with Crippen LogP contribution >= 0.6 is 11.8 Å². The number of rotatable bonds is 6. The number of thioether (sulfide) groups is 1. The molecule has 2 aromatic rings. The van der Waals surface area contributed by atoms with Crippen LogP contribution in [0, 0.1) is 11.7 Å². The molecule has 1 amide bonds. The van der Waals surface area contributed by atoms with Crippen molar-refractivity contribution >= 4 is 23.4 Å². The van der Waals surface area contributed by atoms with E-state index in [1.807, 2.05) is 13.8 Å². The van der Waals surface area contributed by atoms with Gasteiger partial charge in [0.1, 0.15) is 5.82 Å². The maximum Gasteiger partial charge on any atom is 0.257 e. The number of aromatic hydroxyl groups is 1. The third kappa shape index (κ3) is 5.09. The molecule has 2 rings (SSSR count). The third-order valence-corrected chi connectivity index (χ3v) is 3.92. The van der Waals surface area contributed by atoms with Crippen molar-refractivity contribution in [2.45, 2.75) is 25.5 Å². The lowest BCUT2D eigenvalue weighted by Crippen LogP contribution is -2.25. The maximum absolute atomic E-state index is 13.1. The van der Waals surface area contributed by atoms with Gasteiger partial charge in [-0.2, -0.15) is 4.98 Å². The molecule has 0 aliphatic heterocycles. The number of benzene rings is 1. The van der Waals surface area contributed by atoms with Crippen molar-refractivity contribution in [1.82, 2.24) is 9.55 Å². The van der Waals surface area contributed by atoms with Crippen LogP contribution in [0.25, 0.3) is 0 Å². The second-order valence-electron chi connectivity index (χ2n) is 5.59. The van der Waals surface area contributed by atoms with E-state index < -0.39 is 5.82 Å². The van der Waals surface area contributed by atoms with E-state index in [0.29, 0.717) is 12.2 Å². The summed E-state index contributed by atoms with van der Waals surface area (Å²) < 4.78 is 14.5. The highest BCUT2D eigenvalue weighted by Gasteiger charge is 2.13. The highest BCUT2D eigenvalue weighted by molar-refractivity contribution is 7.99. The van der Waals surface area contributed by atoms with Gasteiger partial charge in [0.15, 0.2) is 5.16 Å². The SMILES string of the molecule is CC(C)Cn1c(SCC(=O)Nc2cccc(F)c2)nc(O)cc1=O. The number of nitrogens with zero attached hydrogens (tertiary/aromatic N) is 2. The molecule has 0 saturated carbocycles. The number of halogens is 1. The monoisotopic (exact) mass is 351 g/mol. The molecule has 1 aromatic carbocycles. The molecule has 0 atom stereocenters. The number of anilines is 1. The van der Waals surface area contributed by atoms with Gasteiger partial charge < -0.3 is 10.4 Å². The van der Waals surface area contributed by atoms with Crippen LogP contribution in [0.15, 0.2) is 40.3 Å². The van der Waals surface area contributed by atoms with Gasteiger partial charge in [-0.1, -0.05) is 31.7 Å². The lowest BCUT2D eigenvalue weighted by molar-refractivity contribution is -0.113.